The summed E-state index contributed by atoms with van der Waals surface area (Å²) in [5, 5.41) is 9.13. The third kappa shape index (κ3) is 2.68. The summed E-state index contributed by atoms with van der Waals surface area (Å²) in [4.78, 5) is 4.18. The summed E-state index contributed by atoms with van der Waals surface area (Å²) in [5.74, 6) is 0.886. The highest BCUT2D eigenvalue weighted by atomic mass is 19.1. The minimum absolute atomic E-state index is 0.255. The van der Waals surface area contributed by atoms with Crippen molar-refractivity contribution in [1.29, 1.82) is 0 Å². The SMILES string of the molecule is CCn1ccnc1COc1ccc(F)cc1CO. The Kier molecular flexibility index (Phi) is 3.94. The van der Waals surface area contributed by atoms with Gasteiger partial charge in [0.2, 0.25) is 0 Å². The fourth-order valence-electron chi connectivity index (χ4n) is 1.72. The van der Waals surface area contributed by atoms with Gasteiger partial charge < -0.3 is 14.4 Å². The van der Waals surface area contributed by atoms with E-state index >= 15 is 0 Å². The minimum Gasteiger partial charge on any atom is -0.485 e. The van der Waals surface area contributed by atoms with Crippen LogP contribution in [-0.2, 0) is 19.8 Å². The molecule has 5 heteroatoms. The number of rotatable bonds is 5. The zero-order chi connectivity index (χ0) is 13.0. The molecule has 0 aliphatic heterocycles. The Bertz CT molecular complexity index is 525. The Morgan fingerprint density at radius 1 is 1.44 bits per heavy atom. The van der Waals surface area contributed by atoms with Gasteiger partial charge in [-0.2, -0.15) is 0 Å². The molecule has 0 atom stereocenters. The average molecular weight is 250 g/mol. The predicted molar refractivity (Wildman–Crippen MR) is 64.6 cm³/mol. The lowest BCUT2D eigenvalue weighted by Gasteiger charge is -2.10. The quantitative estimate of drug-likeness (QED) is 0.884. The van der Waals surface area contributed by atoms with Gasteiger partial charge in [-0.05, 0) is 25.1 Å². The van der Waals surface area contributed by atoms with Crippen LogP contribution in [0.15, 0.2) is 30.6 Å². The van der Waals surface area contributed by atoms with Gasteiger partial charge in [-0.15, -0.1) is 0 Å². The number of nitrogens with zero attached hydrogens (tertiary/aromatic N) is 2. The molecule has 0 aliphatic carbocycles. The zero-order valence-electron chi connectivity index (χ0n) is 10.1. The van der Waals surface area contributed by atoms with E-state index in [2.05, 4.69) is 4.98 Å². The fraction of sp³-hybridized carbons (Fsp3) is 0.308. The van der Waals surface area contributed by atoms with Crippen molar-refractivity contribution < 1.29 is 14.2 Å². The molecule has 0 aliphatic rings. The van der Waals surface area contributed by atoms with Crippen LogP contribution in [0.3, 0.4) is 0 Å². The second kappa shape index (κ2) is 5.64. The van der Waals surface area contributed by atoms with Crippen molar-refractivity contribution in [2.75, 3.05) is 0 Å². The average Bonchev–Trinajstić information content (AvgIpc) is 2.84. The van der Waals surface area contributed by atoms with Crippen molar-refractivity contribution >= 4 is 0 Å². The Labute approximate surface area is 105 Å². The molecule has 2 rings (SSSR count). The number of hydrogen-bond acceptors (Lipinski definition) is 3. The van der Waals surface area contributed by atoms with Crippen LogP contribution < -0.4 is 4.74 Å². The first kappa shape index (κ1) is 12.6. The van der Waals surface area contributed by atoms with Crippen molar-refractivity contribution in [3.8, 4) is 5.75 Å². The van der Waals surface area contributed by atoms with Gasteiger partial charge in [0.25, 0.3) is 0 Å². The van der Waals surface area contributed by atoms with Gasteiger partial charge in [-0.3, -0.25) is 0 Å². The molecule has 0 saturated heterocycles. The molecule has 0 radical (unpaired) electrons. The summed E-state index contributed by atoms with van der Waals surface area (Å²) in [7, 11) is 0. The van der Waals surface area contributed by atoms with E-state index in [1.807, 2.05) is 17.7 Å². The molecule has 2 aromatic rings. The van der Waals surface area contributed by atoms with Crippen LogP contribution in [0.2, 0.25) is 0 Å². The number of aromatic nitrogens is 2. The number of imidazole rings is 1. The second-order valence-electron chi connectivity index (χ2n) is 3.83. The Hall–Kier alpha value is -1.88. The van der Waals surface area contributed by atoms with Gasteiger partial charge in [-0.25, -0.2) is 9.37 Å². The molecular formula is C13H15FN2O2. The summed E-state index contributed by atoms with van der Waals surface area (Å²) in [6.45, 7) is 2.87. The second-order valence-corrected chi connectivity index (χ2v) is 3.83. The van der Waals surface area contributed by atoms with Gasteiger partial charge in [0.15, 0.2) is 0 Å². The van der Waals surface area contributed by atoms with E-state index in [1.165, 1.54) is 18.2 Å². The zero-order valence-corrected chi connectivity index (χ0v) is 10.1. The molecule has 1 aromatic heterocycles. The number of ether oxygens (including phenoxy) is 1. The van der Waals surface area contributed by atoms with Gasteiger partial charge in [0.05, 0.1) is 6.61 Å². The van der Waals surface area contributed by atoms with Crippen LogP contribution in [0.5, 0.6) is 5.75 Å². The molecule has 0 unspecified atom stereocenters. The Morgan fingerprint density at radius 2 is 2.28 bits per heavy atom. The lowest BCUT2D eigenvalue weighted by molar-refractivity contribution is 0.253. The standard InChI is InChI=1S/C13H15FN2O2/c1-2-16-6-5-15-13(16)9-18-12-4-3-11(14)7-10(12)8-17/h3-7,17H,2,8-9H2,1H3. The van der Waals surface area contributed by atoms with Crippen molar-refractivity contribution in [2.45, 2.75) is 26.7 Å². The van der Waals surface area contributed by atoms with E-state index in [-0.39, 0.29) is 12.4 Å². The third-order valence-corrected chi connectivity index (χ3v) is 2.69. The smallest absolute Gasteiger partial charge is 0.146 e. The topological polar surface area (TPSA) is 47.3 Å². The Morgan fingerprint density at radius 3 is 3.00 bits per heavy atom. The fourth-order valence-corrected chi connectivity index (χ4v) is 1.72. The molecular weight excluding hydrogens is 235 g/mol. The minimum atomic E-state index is -0.388. The predicted octanol–water partition coefficient (Wildman–Crippen LogP) is 2.11. The molecule has 1 heterocycles. The summed E-state index contributed by atoms with van der Waals surface area (Å²) < 4.78 is 20.5. The summed E-state index contributed by atoms with van der Waals surface area (Å²) in [6, 6.07) is 4.09. The van der Waals surface area contributed by atoms with E-state index in [9.17, 15) is 4.39 Å². The van der Waals surface area contributed by atoms with E-state index in [1.54, 1.807) is 6.20 Å². The van der Waals surface area contributed by atoms with Gasteiger partial charge in [0, 0.05) is 24.5 Å². The maximum atomic E-state index is 13.0. The Balaban J connectivity index is 2.10. The van der Waals surface area contributed by atoms with Crippen LogP contribution >= 0.6 is 0 Å². The molecule has 0 amide bonds. The number of aryl methyl sites for hydroxylation is 1. The maximum Gasteiger partial charge on any atom is 0.146 e. The normalized spacial score (nSPS) is 10.6. The van der Waals surface area contributed by atoms with E-state index in [0.29, 0.717) is 17.9 Å². The monoisotopic (exact) mass is 250 g/mol. The van der Waals surface area contributed by atoms with Crippen molar-refractivity contribution in [1.82, 2.24) is 9.55 Å². The van der Waals surface area contributed by atoms with Crippen molar-refractivity contribution in [3.05, 3.63) is 47.8 Å². The van der Waals surface area contributed by atoms with E-state index in [0.717, 1.165) is 12.4 Å². The van der Waals surface area contributed by atoms with Gasteiger partial charge in [-0.1, -0.05) is 0 Å². The first-order chi connectivity index (χ1) is 8.74. The molecule has 4 nitrogen and oxygen atoms in total. The lowest BCUT2D eigenvalue weighted by Crippen LogP contribution is -2.06. The molecule has 1 aromatic carbocycles. The summed E-state index contributed by atoms with van der Waals surface area (Å²) >= 11 is 0. The molecule has 18 heavy (non-hydrogen) atoms. The van der Waals surface area contributed by atoms with Crippen LogP contribution in [0.1, 0.15) is 18.3 Å². The highest BCUT2D eigenvalue weighted by molar-refractivity contribution is 5.33. The van der Waals surface area contributed by atoms with Crippen LogP contribution in [0, 0.1) is 5.82 Å². The first-order valence-electron chi connectivity index (χ1n) is 5.76. The summed E-state index contributed by atoms with van der Waals surface area (Å²) in [5.41, 5.74) is 0.435. The van der Waals surface area contributed by atoms with Crippen LogP contribution in [-0.4, -0.2) is 14.7 Å². The molecule has 0 saturated carbocycles. The van der Waals surface area contributed by atoms with Crippen LogP contribution in [0.4, 0.5) is 4.39 Å². The number of hydrogen-bond donors (Lipinski definition) is 1. The maximum absolute atomic E-state index is 13.0. The first-order valence-corrected chi connectivity index (χ1v) is 5.76. The highest BCUT2D eigenvalue weighted by Gasteiger charge is 2.07. The largest absolute Gasteiger partial charge is 0.485 e. The number of aliphatic hydroxyl groups excluding tert-OH is 1. The summed E-state index contributed by atoms with van der Waals surface area (Å²) in [6.07, 6.45) is 3.58. The molecule has 0 fully saturated rings. The number of halogens is 1. The van der Waals surface area contributed by atoms with Gasteiger partial charge in [0.1, 0.15) is 24.0 Å². The van der Waals surface area contributed by atoms with E-state index < -0.39 is 0 Å². The lowest BCUT2D eigenvalue weighted by atomic mass is 10.2. The van der Waals surface area contributed by atoms with Gasteiger partial charge >= 0.3 is 0 Å². The van der Waals surface area contributed by atoms with Crippen molar-refractivity contribution in [3.63, 3.8) is 0 Å². The van der Waals surface area contributed by atoms with Crippen LogP contribution in [0.25, 0.3) is 0 Å². The van der Waals surface area contributed by atoms with E-state index in [4.69, 9.17) is 9.84 Å². The third-order valence-electron chi connectivity index (χ3n) is 2.69. The molecule has 0 spiro atoms. The number of benzene rings is 1. The highest BCUT2D eigenvalue weighted by Crippen LogP contribution is 2.20. The number of aliphatic hydroxyl groups is 1. The molecule has 96 valence electrons. The molecule has 1 N–H and O–H groups in total. The van der Waals surface area contributed by atoms with Crippen molar-refractivity contribution in [2.24, 2.45) is 0 Å². The molecule has 0 bridgehead atoms.